The van der Waals surface area contributed by atoms with Crippen molar-refractivity contribution in [1.82, 2.24) is 40.4 Å². The Hall–Kier alpha value is -5.69. The standard InChI is InChI=1S/C19H33N3O8.C15H26N2O6.C8H13N3O3/c1-18(2,3)29-16(26)21-8-9-22(17(27)30-19(4,5)6)13(10-21)14(24)20-12(11-23)15(25)28-7;1-14(2,3)22-12(20)16-7-8-17(10(9-16)11(18)19)13(21)23-15(4,5)6;12-4-5-8(14)11-2-1-9-3-6(11)7(13)10-5/h12-13,23H,8-11H2,1-7H3,(H,20,24);10H,7-9H2,1-6H3,(H,18,19);5-6,9,12H,1-4H2,(H,10,13)/t12-,13?;;5-,6?/m1.1/s1. The fourth-order valence-corrected chi connectivity index (χ4v) is 6.51. The zero-order chi connectivity index (χ0) is 51.4. The Morgan fingerprint density at radius 2 is 1.10 bits per heavy atom. The van der Waals surface area contributed by atoms with Crippen LogP contribution >= 0.6 is 0 Å². The van der Waals surface area contributed by atoms with Crippen LogP contribution in [0.25, 0.3) is 0 Å². The van der Waals surface area contributed by atoms with Crippen molar-refractivity contribution in [2.45, 2.75) is 136 Å². The lowest BCUT2D eigenvalue weighted by molar-refractivity contribution is -0.151. The molecular weight excluding hydrogens is 889 g/mol. The molecule has 5 atom stereocenters. The molecule has 7 amide bonds. The molecule has 0 aliphatic carbocycles. The zero-order valence-electron chi connectivity index (χ0n) is 41.0. The van der Waals surface area contributed by atoms with Crippen LogP contribution in [-0.2, 0) is 47.7 Å². The molecule has 0 radical (unpaired) electrons. The first-order valence-electron chi connectivity index (χ1n) is 21.8. The van der Waals surface area contributed by atoms with Crippen molar-refractivity contribution in [2.75, 3.05) is 79.2 Å². The lowest BCUT2D eigenvalue weighted by Gasteiger charge is -2.41. The highest BCUT2D eigenvalue weighted by Gasteiger charge is 2.43. The van der Waals surface area contributed by atoms with Gasteiger partial charge in [-0.05, 0) is 83.1 Å². The van der Waals surface area contributed by atoms with E-state index in [0.29, 0.717) is 19.6 Å². The normalized spacial score (nSPS) is 21.6. The van der Waals surface area contributed by atoms with Crippen LogP contribution < -0.4 is 16.0 Å². The van der Waals surface area contributed by atoms with Crippen LogP contribution in [0.15, 0.2) is 0 Å². The Kier molecular flexibility index (Phi) is 20.4. The number of methoxy groups -OCH3 is 1. The third kappa shape index (κ3) is 18.5. The van der Waals surface area contributed by atoms with E-state index in [1.165, 1.54) is 19.6 Å². The summed E-state index contributed by atoms with van der Waals surface area (Å²) in [6.45, 7) is 21.4. The predicted octanol–water partition coefficient (Wildman–Crippen LogP) is -0.302. The average molecular weight is 961 g/mol. The van der Waals surface area contributed by atoms with Crippen LogP contribution in [0, 0.1) is 0 Å². The number of carbonyl (C=O) groups excluding carboxylic acids is 8. The lowest BCUT2D eigenvalue weighted by Crippen LogP contribution is -2.69. The van der Waals surface area contributed by atoms with Crippen molar-refractivity contribution >= 4 is 54.0 Å². The molecule has 4 rings (SSSR count). The summed E-state index contributed by atoms with van der Waals surface area (Å²) in [6.07, 6.45) is -2.65. The summed E-state index contributed by atoms with van der Waals surface area (Å²) in [6, 6.07) is -4.78. The minimum Gasteiger partial charge on any atom is -0.480 e. The molecule has 0 spiro atoms. The molecule has 4 fully saturated rings. The van der Waals surface area contributed by atoms with Crippen LogP contribution in [0.4, 0.5) is 19.2 Å². The van der Waals surface area contributed by atoms with Crippen LogP contribution in [0.2, 0.25) is 0 Å². The van der Waals surface area contributed by atoms with Gasteiger partial charge in [0.2, 0.25) is 17.7 Å². The number of ether oxygens (including phenoxy) is 5. The number of rotatable bonds is 6. The summed E-state index contributed by atoms with van der Waals surface area (Å²) in [4.78, 5) is 115. The molecule has 382 valence electrons. The van der Waals surface area contributed by atoms with Crippen molar-refractivity contribution < 1.29 is 82.2 Å². The van der Waals surface area contributed by atoms with Crippen LogP contribution in [0.5, 0.6) is 0 Å². The van der Waals surface area contributed by atoms with E-state index in [1.54, 1.807) is 83.1 Å². The quantitative estimate of drug-likeness (QED) is 0.147. The Morgan fingerprint density at radius 3 is 1.51 bits per heavy atom. The molecule has 4 saturated heterocycles. The number of nitrogens with zero attached hydrogens (tertiary/aromatic N) is 5. The van der Waals surface area contributed by atoms with Gasteiger partial charge in [-0.25, -0.2) is 28.8 Å². The number of fused-ring (bicyclic) bond motifs is 1. The van der Waals surface area contributed by atoms with Gasteiger partial charge in [0, 0.05) is 45.8 Å². The molecule has 0 aromatic heterocycles. The highest BCUT2D eigenvalue weighted by atomic mass is 16.6. The highest BCUT2D eigenvalue weighted by Crippen LogP contribution is 2.21. The number of nitrogens with one attached hydrogen (secondary N) is 3. The van der Waals surface area contributed by atoms with Gasteiger partial charge in [0.15, 0.2) is 12.1 Å². The maximum atomic E-state index is 12.9. The third-order valence-corrected chi connectivity index (χ3v) is 9.52. The molecule has 4 heterocycles. The van der Waals surface area contributed by atoms with Crippen LogP contribution in [0.3, 0.4) is 0 Å². The van der Waals surface area contributed by atoms with Crippen molar-refractivity contribution in [3.05, 3.63) is 0 Å². The van der Waals surface area contributed by atoms with E-state index in [9.17, 15) is 53.4 Å². The number of esters is 1. The fraction of sp³-hybridized carbons (Fsp3) is 0.786. The number of aliphatic hydroxyl groups is 2. The van der Waals surface area contributed by atoms with Gasteiger partial charge in [-0.3, -0.25) is 24.2 Å². The second-order valence-corrected chi connectivity index (χ2v) is 19.8. The van der Waals surface area contributed by atoms with Gasteiger partial charge in [-0.2, -0.15) is 0 Å². The maximum absolute atomic E-state index is 12.9. The second kappa shape index (κ2) is 23.9. The van der Waals surface area contributed by atoms with E-state index in [2.05, 4.69) is 20.7 Å². The lowest BCUT2D eigenvalue weighted by atomic mass is 10.1. The first-order valence-corrected chi connectivity index (χ1v) is 21.8. The van der Waals surface area contributed by atoms with Crippen molar-refractivity contribution in [1.29, 1.82) is 0 Å². The monoisotopic (exact) mass is 961 g/mol. The Bertz CT molecular complexity index is 1790. The second-order valence-electron chi connectivity index (χ2n) is 19.8. The summed E-state index contributed by atoms with van der Waals surface area (Å²) < 4.78 is 25.7. The van der Waals surface area contributed by atoms with E-state index in [1.807, 2.05) is 0 Å². The number of hydrogen-bond donors (Lipinski definition) is 6. The number of amides is 7. The number of hydrogen-bond acceptors (Lipinski definition) is 17. The molecule has 0 aromatic carbocycles. The minimum atomic E-state index is -1.31. The van der Waals surface area contributed by atoms with Crippen molar-refractivity contribution in [2.24, 2.45) is 0 Å². The summed E-state index contributed by atoms with van der Waals surface area (Å²) in [5.74, 6) is -3.13. The van der Waals surface area contributed by atoms with Crippen molar-refractivity contribution in [3.8, 4) is 0 Å². The number of carbonyl (C=O) groups is 9. The van der Waals surface area contributed by atoms with Crippen molar-refractivity contribution in [3.63, 3.8) is 0 Å². The molecule has 6 N–H and O–H groups in total. The summed E-state index contributed by atoms with van der Waals surface area (Å²) in [5, 5.41) is 35.5. The third-order valence-electron chi connectivity index (χ3n) is 9.52. The Labute approximate surface area is 391 Å². The number of carboxylic acids is 1. The van der Waals surface area contributed by atoms with Gasteiger partial charge in [0.1, 0.15) is 40.5 Å². The molecule has 4 aliphatic rings. The van der Waals surface area contributed by atoms with Crippen LogP contribution in [-0.4, -0.2) is 226 Å². The van der Waals surface area contributed by atoms with E-state index in [-0.39, 0.29) is 57.7 Å². The first kappa shape index (κ1) is 57.4. The van der Waals surface area contributed by atoms with Gasteiger partial charge in [0.25, 0.3) is 0 Å². The number of aliphatic carboxylic acids is 1. The van der Waals surface area contributed by atoms with E-state index in [4.69, 9.17) is 24.1 Å². The number of piperazine rings is 4. The predicted molar refractivity (Wildman–Crippen MR) is 235 cm³/mol. The van der Waals surface area contributed by atoms with Crippen LogP contribution in [0.1, 0.15) is 83.1 Å². The van der Waals surface area contributed by atoms with Gasteiger partial charge >= 0.3 is 36.3 Å². The molecule has 0 saturated carbocycles. The fourth-order valence-electron chi connectivity index (χ4n) is 6.51. The summed E-state index contributed by atoms with van der Waals surface area (Å²) >= 11 is 0. The molecule has 25 heteroatoms. The molecule has 25 nitrogen and oxygen atoms in total. The van der Waals surface area contributed by atoms with E-state index in [0.717, 1.165) is 12.0 Å². The molecule has 4 aliphatic heterocycles. The minimum absolute atomic E-state index is 0.0221. The van der Waals surface area contributed by atoms with Gasteiger partial charge in [-0.1, -0.05) is 0 Å². The van der Waals surface area contributed by atoms with Gasteiger partial charge in [-0.15, -0.1) is 0 Å². The molecular formula is C42H72N8O17. The molecule has 0 bridgehead atoms. The Balaban J connectivity index is 0.000000366. The van der Waals surface area contributed by atoms with E-state index >= 15 is 0 Å². The average Bonchev–Trinajstić information content (AvgIpc) is 3.21. The molecule has 3 unspecified atom stereocenters. The highest BCUT2D eigenvalue weighted by molar-refractivity contribution is 5.97. The van der Waals surface area contributed by atoms with E-state index < -0.39 is 101 Å². The Morgan fingerprint density at radius 1 is 0.672 bits per heavy atom. The SMILES string of the molecule is CC(C)(C)OC(=O)N1CCN(C(=O)OC(C)(C)C)C(C(=O)O)C1.COC(=O)[C@@H](CO)NC(=O)C1CN(C(=O)OC(C)(C)C)CCN1C(=O)OC(C)(C)C.O=C1N[C@H](CO)C(=O)N2CCNCC12. The first-order chi connectivity index (χ1) is 30.7. The van der Waals surface area contributed by atoms with Gasteiger partial charge in [0.05, 0.1) is 33.4 Å². The number of aliphatic hydroxyl groups excluding tert-OH is 2. The molecule has 67 heavy (non-hydrogen) atoms. The maximum Gasteiger partial charge on any atom is 0.411 e. The summed E-state index contributed by atoms with van der Waals surface area (Å²) in [5.41, 5.74) is -2.91. The largest absolute Gasteiger partial charge is 0.480 e. The smallest absolute Gasteiger partial charge is 0.411 e. The molecule has 0 aromatic rings. The zero-order valence-corrected chi connectivity index (χ0v) is 41.0. The van der Waals surface area contributed by atoms with Gasteiger partial charge < -0.3 is 69.7 Å². The number of carboxylic acid groups (broad SMARTS) is 1. The summed E-state index contributed by atoms with van der Waals surface area (Å²) in [7, 11) is 1.12. The topological polar surface area (TPSA) is 313 Å².